The minimum Gasteiger partial charge on any atom is -0.363 e. The summed E-state index contributed by atoms with van der Waals surface area (Å²) in [6.45, 7) is 1.83. The number of fused-ring (bicyclic) bond motifs is 1. The summed E-state index contributed by atoms with van der Waals surface area (Å²) in [4.78, 5) is 32.8. The van der Waals surface area contributed by atoms with Crippen molar-refractivity contribution < 1.29 is 17.8 Å². The molecule has 3 aromatic rings. The van der Waals surface area contributed by atoms with E-state index < -0.39 is 22.2 Å². The highest BCUT2D eigenvalue weighted by molar-refractivity contribution is 7.93. The van der Waals surface area contributed by atoms with E-state index in [-0.39, 0.29) is 34.6 Å². The van der Waals surface area contributed by atoms with Gasteiger partial charge in [-0.3, -0.25) is 9.36 Å². The molecule has 0 saturated carbocycles. The smallest absolute Gasteiger partial charge is 0.346 e. The highest BCUT2D eigenvalue weighted by Crippen LogP contribution is 2.32. The third-order valence-electron chi connectivity index (χ3n) is 6.31. The zero-order valence-corrected chi connectivity index (χ0v) is 20.1. The molecule has 1 aliphatic heterocycles. The van der Waals surface area contributed by atoms with Gasteiger partial charge in [0.05, 0.1) is 15.1 Å². The van der Waals surface area contributed by atoms with Crippen molar-refractivity contribution in [1.29, 1.82) is 0 Å². The number of nitrogens with one attached hydrogen (secondary N) is 1. The number of halogens is 2. The van der Waals surface area contributed by atoms with Gasteiger partial charge in [-0.1, -0.05) is 18.2 Å². The fraction of sp³-hybridized carbons (Fsp3) is 0.391. The molecule has 0 radical (unpaired) electrons. The molecule has 9 nitrogen and oxygen atoms in total. The Kier molecular flexibility index (Phi) is 6.84. The Morgan fingerprint density at radius 3 is 2.57 bits per heavy atom. The first-order valence-corrected chi connectivity index (χ1v) is 12.9. The molecule has 0 unspecified atom stereocenters. The number of rotatable bonds is 5. The molecule has 3 N–H and O–H groups in total. The van der Waals surface area contributed by atoms with Gasteiger partial charge in [0.2, 0.25) is 0 Å². The van der Waals surface area contributed by atoms with Crippen molar-refractivity contribution in [3.63, 3.8) is 0 Å². The zero-order chi connectivity index (χ0) is 25.3. The number of anilines is 1. The first-order chi connectivity index (χ1) is 16.6. The number of primary amides is 1. The molecular weight excluding hydrogens is 478 g/mol. The number of nitrogens with two attached hydrogens (primary N) is 1. The molecule has 0 bridgehead atoms. The van der Waals surface area contributed by atoms with Crippen LogP contribution in [0, 0.1) is 0 Å². The van der Waals surface area contributed by atoms with Gasteiger partial charge in [0.1, 0.15) is 17.8 Å². The molecule has 4 rings (SSSR count). The minimum absolute atomic E-state index is 0.0645. The van der Waals surface area contributed by atoms with Crippen molar-refractivity contribution in [3.8, 4) is 0 Å². The lowest BCUT2D eigenvalue weighted by atomic mass is 9.94. The monoisotopic (exact) mass is 504 g/mol. The molecule has 1 fully saturated rings. The van der Waals surface area contributed by atoms with E-state index in [2.05, 4.69) is 19.6 Å². The minimum atomic E-state index is -2.71. The SMILES string of the molecule is C[C@@H](Nc1ncnc2c1cc(C1CCS(=O)(=NC(N)=O)CC1)c(=O)n2C)c1cccc(C(F)F)c1. The quantitative estimate of drug-likeness (QED) is 0.542. The van der Waals surface area contributed by atoms with Crippen LogP contribution in [0.15, 0.2) is 45.8 Å². The highest BCUT2D eigenvalue weighted by Gasteiger charge is 2.27. The Morgan fingerprint density at radius 1 is 1.23 bits per heavy atom. The van der Waals surface area contributed by atoms with Gasteiger partial charge in [-0.25, -0.2) is 27.8 Å². The number of hydrogen-bond donors (Lipinski definition) is 2. The van der Waals surface area contributed by atoms with Crippen LogP contribution in [0.2, 0.25) is 0 Å². The van der Waals surface area contributed by atoms with Crippen LogP contribution < -0.4 is 16.6 Å². The van der Waals surface area contributed by atoms with Gasteiger partial charge in [0, 0.05) is 35.7 Å². The summed E-state index contributed by atoms with van der Waals surface area (Å²) in [6.07, 6.45) is -0.388. The number of aryl methyl sites for hydroxylation is 1. The van der Waals surface area contributed by atoms with E-state index in [1.54, 1.807) is 25.2 Å². The molecule has 0 aliphatic carbocycles. The maximum atomic E-state index is 13.1. The second kappa shape index (κ2) is 9.68. The average molecular weight is 505 g/mol. The molecule has 186 valence electrons. The summed E-state index contributed by atoms with van der Waals surface area (Å²) in [5, 5.41) is 3.86. The summed E-state index contributed by atoms with van der Waals surface area (Å²) < 4.78 is 44.0. The Hall–Kier alpha value is -3.41. The Balaban J connectivity index is 1.69. The number of urea groups is 1. The second-order valence-corrected chi connectivity index (χ2v) is 11.2. The van der Waals surface area contributed by atoms with E-state index in [4.69, 9.17) is 5.73 Å². The van der Waals surface area contributed by atoms with E-state index in [9.17, 15) is 22.6 Å². The largest absolute Gasteiger partial charge is 0.363 e. The fourth-order valence-corrected chi connectivity index (χ4v) is 6.44. The standard InChI is InChI=1S/C23H26F2N6O3S/c1-13(15-4-3-5-16(10-15)19(24)25)29-20-18-11-17(22(32)31(2)21(18)28-12-27-20)14-6-8-35(34,9-7-14)30-23(26)33/h3-5,10-14,19H,6-9H2,1-2H3,(H2,26,33)(H,27,28,29)/t13-,14?,35?/m1/s1. The Labute approximate surface area is 201 Å². The number of pyridine rings is 1. The summed E-state index contributed by atoms with van der Waals surface area (Å²) in [7, 11) is -1.09. The Bertz CT molecular complexity index is 1450. The van der Waals surface area contributed by atoms with Gasteiger partial charge in [-0.15, -0.1) is 4.36 Å². The van der Waals surface area contributed by atoms with Crippen LogP contribution >= 0.6 is 0 Å². The summed E-state index contributed by atoms with van der Waals surface area (Å²) in [5.41, 5.74) is 6.43. The van der Waals surface area contributed by atoms with Crippen molar-refractivity contribution >= 4 is 32.6 Å². The summed E-state index contributed by atoms with van der Waals surface area (Å²) in [6, 6.07) is 6.61. The highest BCUT2D eigenvalue weighted by atomic mass is 32.2. The van der Waals surface area contributed by atoms with Crippen LogP contribution in [0.4, 0.5) is 19.4 Å². The van der Waals surface area contributed by atoms with Gasteiger partial charge < -0.3 is 11.1 Å². The molecule has 1 aliphatic rings. The van der Waals surface area contributed by atoms with Crippen LogP contribution in [-0.4, -0.2) is 36.3 Å². The topological polar surface area (TPSA) is 132 Å². The van der Waals surface area contributed by atoms with Gasteiger partial charge in [-0.2, -0.15) is 0 Å². The van der Waals surface area contributed by atoms with Crippen LogP contribution in [0.25, 0.3) is 11.0 Å². The molecular formula is C23H26F2N6O3S. The van der Waals surface area contributed by atoms with Gasteiger partial charge in [0.15, 0.2) is 0 Å². The molecule has 1 atom stereocenters. The van der Waals surface area contributed by atoms with Gasteiger partial charge in [0.25, 0.3) is 12.0 Å². The number of benzene rings is 1. The van der Waals surface area contributed by atoms with Gasteiger partial charge in [-0.05, 0) is 43.4 Å². The number of hydrogen-bond acceptors (Lipinski definition) is 6. The maximum absolute atomic E-state index is 13.1. The molecule has 12 heteroatoms. The van der Waals surface area contributed by atoms with Crippen molar-refractivity contribution in [1.82, 2.24) is 14.5 Å². The van der Waals surface area contributed by atoms with Crippen molar-refractivity contribution in [2.45, 2.75) is 38.2 Å². The van der Waals surface area contributed by atoms with Gasteiger partial charge >= 0.3 is 6.03 Å². The lowest BCUT2D eigenvalue weighted by molar-refractivity contribution is 0.151. The number of carbonyl (C=O) groups excluding carboxylic acids is 1. The molecule has 2 aromatic heterocycles. The molecule has 1 aromatic carbocycles. The zero-order valence-electron chi connectivity index (χ0n) is 19.3. The lowest BCUT2D eigenvalue weighted by Gasteiger charge is -2.25. The Morgan fingerprint density at radius 2 is 1.91 bits per heavy atom. The molecule has 2 amide bonds. The first-order valence-electron chi connectivity index (χ1n) is 11.1. The van der Waals surface area contributed by atoms with E-state index >= 15 is 0 Å². The van der Waals surface area contributed by atoms with Crippen LogP contribution in [0.5, 0.6) is 0 Å². The van der Waals surface area contributed by atoms with E-state index in [1.807, 2.05) is 6.92 Å². The number of amides is 2. The third kappa shape index (κ3) is 5.16. The van der Waals surface area contributed by atoms with E-state index in [0.717, 1.165) is 0 Å². The normalized spacial score (nSPS) is 21.1. The van der Waals surface area contributed by atoms with Crippen LogP contribution in [0.1, 0.15) is 54.8 Å². The maximum Gasteiger partial charge on any atom is 0.346 e. The van der Waals surface area contributed by atoms with Crippen LogP contribution in [-0.2, 0) is 16.8 Å². The fourth-order valence-electron chi connectivity index (χ4n) is 4.42. The summed E-state index contributed by atoms with van der Waals surface area (Å²) >= 11 is 0. The van der Waals surface area contributed by atoms with E-state index in [0.29, 0.717) is 40.8 Å². The number of nitrogens with zero attached hydrogens (tertiary/aromatic N) is 4. The molecule has 1 saturated heterocycles. The predicted molar refractivity (Wildman–Crippen MR) is 130 cm³/mol. The lowest BCUT2D eigenvalue weighted by Crippen LogP contribution is -2.30. The summed E-state index contributed by atoms with van der Waals surface area (Å²) in [5.74, 6) is 0.639. The predicted octanol–water partition coefficient (Wildman–Crippen LogP) is 3.86. The average Bonchev–Trinajstić information content (AvgIpc) is 2.81. The molecule has 35 heavy (non-hydrogen) atoms. The van der Waals surface area contributed by atoms with Crippen molar-refractivity contribution in [3.05, 3.63) is 63.7 Å². The van der Waals surface area contributed by atoms with Crippen LogP contribution in [0.3, 0.4) is 0 Å². The van der Waals surface area contributed by atoms with Crippen molar-refractivity contribution in [2.75, 3.05) is 16.8 Å². The third-order valence-corrected chi connectivity index (χ3v) is 8.57. The molecule has 3 heterocycles. The van der Waals surface area contributed by atoms with Crippen molar-refractivity contribution in [2.24, 2.45) is 17.1 Å². The first kappa shape index (κ1) is 24.7. The number of aromatic nitrogens is 3. The molecule has 0 spiro atoms. The number of alkyl halides is 2. The number of carbonyl (C=O) groups is 1. The van der Waals surface area contributed by atoms with E-state index in [1.165, 1.54) is 23.0 Å². The second-order valence-electron chi connectivity index (χ2n) is 8.64.